The second-order valence-corrected chi connectivity index (χ2v) is 7.53. The zero-order valence-electron chi connectivity index (χ0n) is 15.3. The van der Waals surface area contributed by atoms with Crippen LogP contribution in [0.4, 0.5) is 4.79 Å². The van der Waals surface area contributed by atoms with E-state index in [-0.39, 0.29) is 17.8 Å². The Balaban J connectivity index is 1.39. The molecule has 2 saturated heterocycles. The molecule has 3 rings (SSSR count). The smallest absolute Gasteiger partial charge is 0.317 e. The lowest BCUT2D eigenvalue weighted by atomic mass is 9.93. The zero-order valence-corrected chi connectivity index (χ0v) is 15.3. The van der Waals surface area contributed by atoms with Gasteiger partial charge in [-0.2, -0.15) is 0 Å². The average Bonchev–Trinajstić information content (AvgIpc) is 3.14. The minimum Gasteiger partial charge on any atom is -0.508 e. The van der Waals surface area contributed by atoms with Crippen molar-refractivity contribution in [3.63, 3.8) is 0 Å². The Morgan fingerprint density at radius 3 is 2.44 bits per heavy atom. The van der Waals surface area contributed by atoms with E-state index in [0.717, 1.165) is 37.4 Å². The first-order valence-corrected chi connectivity index (χ1v) is 9.68. The van der Waals surface area contributed by atoms with Crippen molar-refractivity contribution < 1.29 is 9.90 Å². The molecule has 0 saturated carbocycles. The van der Waals surface area contributed by atoms with Crippen molar-refractivity contribution in [2.45, 2.75) is 45.1 Å². The van der Waals surface area contributed by atoms with Gasteiger partial charge in [-0.15, -0.1) is 0 Å². The lowest BCUT2D eigenvalue weighted by molar-refractivity contribution is 0.160. The number of hydrogen-bond donors (Lipinski definition) is 2. The summed E-state index contributed by atoms with van der Waals surface area (Å²) in [6, 6.07) is 6.99. The molecular weight excluding hydrogens is 314 g/mol. The topological polar surface area (TPSA) is 55.8 Å². The predicted molar refractivity (Wildman–Crippen MR) is 99.6 cm³/mol. The van der Waals surface area contributed by atoms with Crippen LogP contribution >= 0.6 is 0 Å². The number of likely N-dealkylation sites (tertiary alicyclic amines) is 2. The highest BCUT2D eigenvalue weighted by molar-refractivity contribution is 5.74. The summed E-state index contributed by atoms with van der Waals surface area (Å²) in [5.41, 5.74) is 1.01. The number of rotatable bonds is 5. The second kappa shape index (κ2) is 8.56. The van der Waals surface area contributed by atoms with Crippen LogP contribution in [0.5, 0.6) is 5.75 Å². The molecule has 0 aliphatic carbocycles. The molecule has 0 bridgehead atoms. The molecule has 5 heteroatoms. The molecule has 2 aliphatic heterocycles. The van der Waals surface area contributed by atoms with E-state index >= 15 is 0 Å². The van der Waals surface area contributed by atoms with E-state index in [4.69, 9.17) is 0 Å². The molecule has 2 heterocycles. The van der Waals surface area contributed by atoms with Crippen LogP contribution in [0.2, 0.25) is 0 Å². The van der Waals surface area contributed by atoms with Crippen molar-refractivity contribution in [1.82, 2.24) is 15.1 Å². The van der Waals surface area contributed by atoms with Crippen LogP contribution in [-0.4, -0.2) is 53.7 Å². The van der Waals surface area contributed by atoms with Gasteiger partial charge in [-0.05, 0) is 82.3 Å². The number of carbonyl (C=O) groups is 1. The van der Waals surface area contributed by atoms with Crippen molar-refractivity contribution in [3.05, 3.63) is 29.8 Å². The molecule has 2 aliphatic rings. The normalized spacial score (nSPS) is 20.6. The van der Waals surface area contributed by atoms with Crippen molar-refractivity contribution in [3.8, 4) is 5.75 Å². The van der Waals surface area contributed by atoms with Gasteiger partial charge in [0.05, 0.1) is 6.04 Å². The summed E-state index contributed by atoms with van der Waals surface area (Å²) >= 11 is 0. The van der Waals surface area contributed by atoms with Crippen molar-refractivity contribution >= 4 is 6.03 Å². The molecule has 0 spiro atoms. The van der Waals surface area contributed by atoms with E-state index in [0.29, 0.717) is 0 Å². The summed E-state index contributed by atoms with van der Waals surface area (Å²) in [5.74, 6) is 1.01. The largest absolute Gasteiger partial charge is 0.508 e. The maximum Gasteiger partial charge on any atom is 0.317 e. The fourth-order valence-electron chi connectivity index (χ4n) is 3.92. The standard InChI is InChI=1S/C20H31N3O2/c1-16(18-4-6-19(24)7-5-18)21-20(25)23-14-9-17(10-15-23)8-13-22-11-2-3-12-22/h4-7,16-17,24H,2-3,8-15H2,1H3,(H,21,25). The van der Waals surface area contributed by atoms with Crippen LogP contribution in [-0.2, 0) is 0 Å². The van der Waals surface area contributed by atoms with Gasteiger partial charge in [0.25, 0.3) is 0 Å². The molecule has 1 aromatic carbocycles. The molecule has 25 heavy (non-hydrogen) atoms. The number of benzene rings is 1. The fraction of sp³-hybridized carbons (Fsp3) is 0.650. The molecular formula is C20H31N3O2. The average molecular weight is 345 g/mol. The lowest BCUT2D eigenvalue weighted by Gasteiger charge is -2.33. The van der Waals surface area contributed by atoms with Crippen molar-refractivity contribution in [1.29, 1.82) is 0 Å². The first kappa shape index (κ1) is 18.1. The third-order valence-corrected chi connectivity index (χ3v) is 5.69. The van der Waals surface area contributed by atoms with Crippen molar-refractivity contribution in [2.24, 2.45) is 5.92 Å². The minimum absolute atomic E-state index is 0.0265. The third-order valence-electron chi connectivity index (χ3n) is 5.69. The Hall–Kier alpha value is -1.75. The summed E-state index contributed by atoms with van der Waals surface area (Å²) in [6.45, 7) is 7.48. The lowest BCUT2D eigenvalue weighted by Crippen LogP contribution is -2.45. The maximum absolute atomic E-state index is 12.5. The monoisotopic (exact) mass is 345 g/mol. The Morgan fingerprint density at radius 2 is 1.80 bits per heavy atom. The van der Waals surface area contributed by atoms with E-state index in [2.05, 4.69) is 10.2 Å². The molecule has 1 atom stereocenters. The van der Waals surface area contributed by atoms with Gasteiger partial charge in [-0.25, -0.2) is 4.79 Å². The number of piperidine rings is 1. The SMILES string of the molecule is CC(NC(=O)N1CCC(CCN2CCCC2)CC1)c1ccc(O)cc1. The summed E-state index contributed by atoms with van der Waals surface area (Å²) in [4.78, 5) is 17.0. The van der Waals surface area contributed by atoms with E-state index < -0.39 is 0 Å². The Labute approximate surface area is 151 Å². The van der Waals surface area contributed by atoms with E-state index in [1.807, 2.05) is 24.0 Å². The summed E-state index contributed by atoms with van der Waals surface area (Å²) < 4.78 is 0. The van der Waals surface area contributed by atoms with Gasteiger partial charge in [0.15, 0.2) is 0 Å². The highest BCUT2D eigenvalue weighted by Gasteiger charge is 2.24. The number of urea groups is 1. The van der Waals surface area contributed by atoms with Crippen molar-refractivity contribution in [2.75, 3.05) is 32.7 Å². The molecule has 2 N–H and O–H groups in total. The first-order valence-electron chi connectivity index (χ1n) is 9.68. The Morgan fingerprint density at radius 1 is 1.16 bits per heavy atom. The van der Waals surface area contributed by atoms with Gasteiger partial charge in [0.1, 0.15) is 5.75 Å². The van der Waals surface area contributed by atoms with Crippen LogP contribution in [0.3, 0.4) is 0 Å². The minimum atomic E-state index is -0.0546. The summed E-state index contributed by atoms with van der Waals surface area (Å²) in [5, 5.41) is 12.4. The highest BCUT2D eigenvalue weighted by Crippen LogP contribution is 2.23. The number of nitrogens with zero attached hydrogens (tertiary/aromatic N) is 2. The van der Waals surface area contributed by atoms with Gasteiger partial charge < -0.3 is 20.2 Å². The van der Waals surface area contributed by atoms with Gasteiger partial charge in [0.2, 0.25) is 0 Å². The number of phenols is 1. The van der Waals surface area contributed by atoms with Gasteiger partial charge in [0, 0.05) is 13.1 Å². The first-order chi connectivity index (χ1) is 12.1. The van der Waals surface area contributed by atoms with Crippen LogP contribution < -0.4 is 5.32 Å². The van der Waals surface area contributed by atoms with Crippen LogP contribution in [0.25, 0.3) is 0 Å². The molecule has 2 amide bonds. The number of carbonyl (C=O) groups excluding carboxylic acids is 1. The van der Waals surface area contributed by atoms with E-state index in [1.165, 1.54) is 38.9 Å². The van der Waals surface area contributed by atoms with Gasteiger partial charge in [-0.1, -0.05) is 12.1 Å². The molecule has 0 radical (unpaired) electrons. The molecule has 1 unspecified atom stereocenters. The number of nitrogens with one attached hydrogen (secondary N) is 1. The van der Waals surface area contributed by atoms with Gasteiger partial charge in [-0.3, -0.25) is 0 Å². The Kier molecular flexibility index (Phi) is 6.19. The predicted octanol–water partition coefficient (Wildman–Crippen LogP) is 3.36. The number of phenolic OH excluding ortho intramolecular Hbond substituents is 1. The second-order valence-electron chi connectivity index (χ2n) is 7.53. The zero-order chi connectivity index (χ0) is 17.6. The fourth-order valence-corrected chi connectivity index (χ4v) is 3.92. The number of aromatic hydroxyl groups is 1. The van der Waals surface area contributed by atoms with E-state index in [9.17, 15) is 9.90 Å². The van der Waals surface area contributed by atoms with Gasteiger partial charge >= 0.3 is 6.03 Å². The molecule has 1 aromatic rings. The van der Waals surface area contributed by atoms with Crippen LogP contribution in [0.1, 0.15) is 50.6 Å². The molecule has 138 valence electrons. The number of amides is 2. The quantitative estimate of drug-likeness (QED) is 0.860. The molecule has 2 fully saturated rings. The van der Waals surface area contributed by atoms with Crippen LogP contribution in [0, 0.1) is 5.92 Å². The highest BCUT2D eigenvalue weighted by atomic mass is 16.3. The van der Waals surface area contributed by atoms with Crippen LogP contribution in [0.15, 0.2) is 24.3 Å². The number of hydrogen-bond acceptors (Lipinski definition) is 3. The molecule has 0 aromatic heterocycles. The Bertz CT molecular complexity index is 547. The van der Waals surface area contributed by atoms with E-state index in [1.54, 1.807) is 12.1 Å². The third kappa shape index (κ3) is 5.11. The maximum atomic E-state index is 12.5. The summed E-state index contributed by atoms with van der Waals surface area (Å²) in [7, 11) is 0. The summed E-state index contributed by atoms with van der Waals surface area (Å²) in [6.07, 6.45) is 6.23. The molecule has 5 nitrogen and oxygen atoms in total.